The lowest BCUT2D eigenvalue weighted by molar-refractivity contribution is -0.137. The number of ether oxygens (including phenoxy) is 2. The normalized spacial score (nSPS) is 10.5. The number of esters is 1. The highest BCUT2D eigenvalue weighted by Crippen LogP contribution is 2.28. The van der Waals surface area contributed by atoms with E-state index in [0.29, 0.717) is 17.9 Å². The predicted octanol–water partition coefficient (Wildman–Crippen LogP) is 3.99. The second-order valence-electron chi connectivity index (χ2n) is 5.47. The van der Waals surface area contributed by atoms with Crippen LogP contribution >= 0.6 is 0 Å². The Labute approximate surface area is 147 Å². The fourth-order valence-corrected chi connectivity index (χ4v) is 2.10. The van der Waals surface area contributed by atoms with Crippen molar-refractivity contribution in [3.63, 3.8) is 0 Å². The molecule has 0 aromatic heterocycles. The van der Waals surface area contributed by atoms with Gasteiger partial charge in [-0.1, -0.05) is 42.5 Å². The summed E-state index contributed by atoms with van der Waals surface area (Å²) in [6, 6.07) is 15.3. The summed E-state index contributed by atoms with van der Waals surface area (Å²) in [5, 5.41) is 0. The van der Waals surface area contributed by atoms with E-state index in [1.807, 2.05) is 36.4 Å². The van der Waals surface area contributed by atoms with E-state index in [0.717, 1.165) is 11.1 Å². The van der Waals surface area contributed by atoms with Gasteiger partial charge in [0.2, 0.25) is 0 Å². The monoisotopic (exact) mass is 339 g/mol. The number of carbonyl (C=O) groups excluding carboxylic acids is 2. The van der Waals surface area contributed by atoms with Crippen LogP contribution in [0.1, 0.15) is 12.5 Å². The average molecular weight is 339 g/mol. The van der Waals surface area contributed by atoms with Gasteiger partial charge in [0.05, 0.1) is 6.61 Å². The zero-order valence-corrected chi connectivity index (χ0v) is 14.6. The Hall–Kier alpha value is -3.08. The zero-order valence-electron chi connectivity index (χ0n) is 14.6. The minimum atomic E-state index is -0.490. The fourth-order valence-electron chi connectivity index (χ4n) is 2.10. The molecule has 2 aromatic carbocycles. The molecule has 0 bridgehead atoms. The van der Waals surface area contributed by atoms with Crippen LogP contribution in [-0.2, 0) is 9.53 Å². The molecule has 0 saturated heterocycles. The summed E-state index contributed by atoms with van der Waals surface area (Å²) in [6.45, 7) is 2.04. The van der Waals surface area contributed by atoms with E-state index in [1.54, 1.807) is 39.2 Å². The van der Waals surface area contributed by atoms with Crippen molar-refractivity contribution in [2.45, 2.75) is 6.92 Å². The summed E-state index contributed by atoms with van der Waals surface area (Å²) < 4.78 is 10.3. The van der Waals surface area contributed by atoms with Crippen LogP contribution in [0.2, 0.25) is 0 Å². The van der Waals surface area contributed by atoms with Crippen molar-refractivity contribution < 1.29 is 19.1 Å². The second-order valence-corrected chi connectivity index (χ2v) is 5.47. The van der Waals surface area contributed by atoms with Crippen molar-refractivity contribution in [1.82, 2.24) is 4.90 Å². The van der Waals surface area contributed by atoms with Crippen LogP contribution in [0, 0.1) is 0 Å². The van der Waals surface area contributed by atoms with Crippen LogP contribution < -0.4 is 4.74 Å². The molecule has 5 heteroatoms. The van der Waals surface area contributed by atoms with Gasteiger partial charge in [-0.15, -0.1) is 0 Å². The number of amides is 1. The Morgan fingerprint density at radius 3 is 2.40 bits per heavy atom. The van der Waals surface area contributed by atoms with E-state index < -0.39 is 12.1 Å². The van der Waals surface area contributed by atoms with Crippen molar-refractivity contribution in [3.05, 3.63) is 60.2 Å². The van der Waals surface area contributed by atoms with Gasteiger partial charge in [0.25, 0.3) is 0 Å². The number of hydrogen-bond donors (Lipinski definition) is 0. The third kappa shape index (κ3) is 5.21. The van der Waals surface area contributed by atoms with Crippen LogP contribution in [0.4, 0.5) is 4.79 Å². The highest BCUT2D eigenvalue weighted by atomic mass is 16.6. The number of benzene rings is 2. The molecule has 2 aromatic rings. The van der Waals surface area contributed by atoms with Crippen LogP contribution in [0.25, 0.3) is 17.2 Å². The van der Waals surface area contributed by atoms with Gasteiger partial charge in [0.15, 0.2) is 0 Å². The topological polar surface area (TPSA) is 55.8 Å². The molecular formula is C20H21NO4. The molecule has 0 aliphatic heterocycles. The third-order valence-corrected chi connectivity index (χ3v) is 3.37. The first kappa shape index (κ1) is 18.3. The van der Waals surface area contributed by atoms with Crippen molar-refractivity contribution in [2.75, 3.05) is 20.7 Å². The molecule has 0 heterocycles. The lowest BCUT2D eigenvalue weighted by Gasteiger charge is -2.14. The van der Waals surface area contributed by atoms with Gasteiger partial charge in [-0.2, -0.15) is 0 Å². The van der Waals surface area contributed by atoms with Gasteiger partial charge in [-0.25, -0.2) is 9.59 Å². The molecule has 0 N–H and O–H groups in total. The number of nitrogens with zero attached hydrogens (tertiary/aromatic N) is 1. The van der Waals surface area contributed by atoms with E-state index in [-0.39, 0.29) is 0 Å². The Morgan fingerprint density at radius 2 is 1.76 bits per heavy atom. The second kappa shape index (κ2) is 8.68. The zero-order chi connectivity index (χ0) is 18.2. The molecular weight excluding hydrogens is 318 g/mol. The summed E-state index contributed by atoms with van der Waals surface area (Å²) in [5.74, 6) is -0.0693. The first-order valence-corrected chi connectivity index (χ1v) is 7.94. The Bertz CT molecular complexity index is 767. The highest BCUT2D eigenvalue weighted by Gasteiger charge is 2.12. The maximum Gasteiger partial charge on any atom is 0.414 e. The lowest BCUT2D eigenvalue weighted by atomic mass is 10.0. The van der Waals surface area contributed by atoms with Crippen molar-refractivity contribution in [2.24, 2.45) is 0 Å². The summed E-state index contributed by atoms with van der Waals surface area (Å²) in [5.41, 5.74) is 2.53. The van der Waals surface area contributed by atoms with Crippen LogP contribution in [0.15, 0.2) is 54.6 Å². The molecule has 25 heavy (non-hydrogen) atoms. The summed E-state index contributed by atoms with van der Waals surface area (Å²) >= 11 is 0. The van der Waals surface area contributed by atoms with E-state index in [9.17, 15) is 9.59 Å². The van der Waals surface area contributed by atoms with Crippen LogP contribution in [0.3, 0.4) is 0 Å². The van der Waals surface area contributed by atoms with Gasteiger partial charge < -0.3 is 14.4 Å². The molecule has 0 aliphatic carbocycles. The molecule has 0 aliphatic rings. The summed E-state index contributed by atoms with van der Waals surface area (Å²) in [4.78, 5) is 24.8. The van der Waals surface area contributed by atoms with Gasteiger partial charge in [0, 0.05) is 25.7 Å². The van der Waals surface area contributed by atoms with Gasteiger partial charge in [0.1, 0.15) is 5.75 Å². The maximum absolute atomic E-state index is 11.9. The van der Waals surface area contributed by atoms with Crippen molar-refractivity contribution in [3.8, 4) is 16.9 Å². The molecule has 5 nitrogen and oxygen atoms in total. The SMILES string of the molecule is CCOC(=O)/C=C\c1ccc(-c2ccccc2)cc1OC(=O)N(C)C. The molecule has 0 atom stereocenters. The van der Waals surface area contributed by atoms with E-state index in [1.165, 1.54) is 11.0 Å². The molecule has 0 unspecified atom stereocenters. The third-order valence-electron chi connectivity index (χ3n) is 3.37. The molecule has 2 rings (SSSR count). The molecule has 0 fully saturated rings. The standard InChI is InChI=1S/C20H21NO4/c1-4-24-19(22)13-12-16-10-11-17(15-8-6-5-7-9-15)14-18(16)25-20(23)21(2)3/h5-14H,4H2,1-3H3/b13-12-. The number of hydrogen-bond acceptors (Lipinski definition) is 4. The Morgan fingerprint density at radius 1 is 1.04 bits per heavy atom. The minimum absolute atomic E-state index is 0.304. The summed E-state index contributed by atoms with van der Waals surface area (Å²) in [6.07, 6.45) is 2.40. The predicted molar refractivity (Wildman–Crippen MR) is 97.3 cm³/mol. The molecule has 0 saturated carbocycles. The molecule has 1 amide bonds. The summed E-state index contributed by atoms with van der Waals surface area (Å²) in [7, 11) is 3.22. The smallest absolute Gasteiger partial charge is 0.414 e. The van der Waals surface area contributed by atoms with Crippen molar-refractivity contribution in [1.29, 1.82) is 0 Å². The average Bonchev–Trinajstić information content (AvgIpc) is 2.61. The number of rotatable bonds is 5. The Balaban J connectivity index is 2.37. The first-order valence-electron chi connectivity index (χ1n) is 7.94. The van der Waals surface area contributed by atoms with Crippen LogP contribution in [-0.4, -0.2) is 37.7 Å². The van der Waals surface area contributed by atoms with Gasteiger partial charge >= 0.3 is 12.1 Å². The quantitative estimate of drug-likeness (QED) is 0.610. The van der Waals surface area contributed by atoms with E-state index in [2.05, 4.69) is 0 Å². The highest BCUT2D eigenvalue weighted by molar-refractivity contribution is 5.88. The molecule has 130 valence electrons. The van der Waals surface area contributed by atoms with E-state index >= 15 is 0 Å². The Kier molecular flexibility index (Phi) is 6.34. The largest absolute Gasteiger partial charge is 0.463 e. The number of carbonyl (C=O) groups is 2. The fraction of sp³-hybridized carbons (Fsp3) is 0.200. The van der Waals surface area contributed by atoms with Crippen molar-refractivity contribution >= 4 is 18.1 Å². The van der Waals surface area contributed by atoms with Gasteiger partial charge in [-0.3, -0.25) is 0 Å². The van der Waals surface area contributed by atoms with Gasteiger partial charge in [-0.05, 0) is 30.2 Å². The maximum atomic E-state index is 11.9. The molecule has 0 radical (unpaired) electrons. The first-order chi connectivity index (χ1) is 12.0. The van der Waals surface area contributed by atoms with Crippen LogP contribution in [0.5, 0.6) is 5.75 Å². The lowest BCUT2D eigenvalue weighted by Crippen LogP contribution is -2.25. The minimum Gasteiger partial charge on any atom is -0.463 e. The van der Waals surface area contributed by atoms with E-state index in [4.69, 9.17) is 9.47 Å². The molecule has 0 spiro atoms.